The average Bonchev–Trinajstić information content (AvgIpc) is 2.85. The van der Waals surface area contributed by atoms with E-state index in [0.717, 1.165) is 22.9 Å². The zero-order valence-corrected chi connectivity index (χ0v) is 21.1. The second-order valence-electron chi connectivity index (χ2n) is 9.69. The van der Waals surface area contributed by atoms with E-state index in [4.69, 9.17) is 4.74 Å². The third kappa shape index (κ3) is 4.91. The van der Waals surface area contributed by atoms with Crippen LogP contribution in [0.5, 0.6) is 17.2 Å². The Morgan fingerprint density at radius 1 is 1.03 bits per heavy atom. The standard InChI is InChI=1S/C29H31N3O5/c1-19(33)32-15-22(16-32)30(2)25-10-6-9-21-11-12-31(17-24(21)25)29(36)28-26(35)13-23(34)14-27(28)37-18-20-7-4-3-5-8-20/h3-10,13-14,22,34-35H,11-12,15-18H2,1-2H3. The van der Waals surface area contributed by atoms with Gasteiger partial charge in [-0.05, 0) is 29.2 Å². The molecule has 2 aliphatic rings. The predicted octanol–water partition coefficient (Wildman–Crippen LogP) is 3.54. The predicted molar refractivity (Wildman–Crippen MR) is 140 cm³/mol. The lowest BCUT2D eigenvalue weighted by molar-refractivity contribution is -0.133. The minimum absolute atomic E-state index is 0.0408. The van der Waals surface area contributed by atoms with Crippen LogP contribution in [0, 0.1) is 0 Å². The number of nitrogens with zero attached hydrogens (tertiary/aromatic N) is 3. The number of phenols is 2. The zero-order chi connectivity index (χ0) is 26.1. The Morgan fingerprint density at radius 3 is 2.51 bits per heavy atom. The summed E-state index contributed by atoms with van der Waals surface area (Å²) in [5.74, 6) is -0.625. The molecule has 0 aliphatic carbocycles. The maximum Gasteiger partial charge on any atom is 0.261 e. The topological polar surface area (TPSA) is 93.6 Å². The van der Waals surface area contributed by atoms with Crippen LogP contribution in [0.1, 0.15) is 34.0 Å². The van der Waals surface area contributed by atoms with Gasteiger partial charge in [-0.25, -0.2) is 0 Å². The van der Waals surface area contributed by atoms with Crippen molar-refractivity contribution in [3.63, 3.8) is 0 Å². The molecular weight excluding hydrogens is 470 g/mol. The first-order valence-corrected chi connectivity index (χ1v) is 12.4. The maximum atomic E-state index is 13.7. The van der Waals surface area contributed by atoms with Gasteiger partial charge in [0.1, 0.15) is 29.4 Å². The van der Waals surface area contributed by atoms with Crippen molar-refractivity contribution in [2.75, 3.05) is 31.6 Å². The number of hydrogen-bond acceptors (Lipinski definition) is 6. The third-order valence-corrected chi connectivity index (χ3v) is 7.29. The molecule has 0 bridgehead atoms. The van der Waals surface area contributed by atoms with E-state index in [1.54, 1.807) is 11.8 Å². The second kappa shape index (κ2) is 10.0. The summed E-state index contributed by atoms with van der Waals surface area (Å²) in [5.41, 5.74) is 4.24. The van der Waals surface area contributed by atoms with E-state index in [1.807, 2.05) is 48.3 Å². The lowest BCUT2D eigenvalue weighted by atomic mass is 9.95. The normalized spacial score (nSPS) is 15.1. The summed E-state index contributed by atoms with van der Waals surface area (Å²) >= 11 is 0. The molecule has 0 atom stereocenters. The van der Waals surface area contributed by atoms with Crippen LogP contribution in [0.3, 0.4) is 0 Å². The molecule has 1 fully saturated rings. The molecule has 8 heteroatoms. The van der Waals surface area contributed by atoms with E-state index in [2.05, 4.69) is 17.0 Å². The van der Waals surface area contributed by atoms with Gasteiger partial charge in [0.15, 0.2) is 0 Å². The van der Waals surface area contributed by atoms with Crippen LogP contribution >= 0.6 is 0 Å². The third-order valence-electron chi connectivity index (χ3n) is 7.29. The molecule has 3 aromatic rings. The molecule has 192 valence electrons. The number of carbonyl (C=O) groups excluding carboxylic acids is 2. The van der Waals surface area contributed by atoms with Gasteiger partial charge >= 0.3 is 0 Å². The molecule has 2 amide bonds. The van der Waals surface area contributed by atoms with Gasteiger partial charge in [-0.1, -0.05) is 42.5 Å². The molecule has 0 saturated carbocycles. The quantitative estimate of drug-likeness (QED) is 0.537. The van der Waals surface area contributed by atoms with Gasteiger partial charge in [-0.3, -0.25) is 9.59 Å². The van der Waals surface area contributed by atoms with E-state index in [0.29, 0.717) is 32.6 Å². The molecule has 8 nitrogen and oxygen atoms in total. The van der Waals surface area contributed by atoms with E-state index < -0.39 is 0 Å². The highest BCUT2D eigenvalue weighted by atomic mass is 16.5. The van der Waals surface area contributed by atoms with Crippen molar-refractivity contribution in [1.82, 2.24) is 9.80 Å². The minimum atomic E-state index is -0.352. The molecule has 0 spiro atoms. The molecule has 2 aliphatic heterocycles. The molecule has 0 aromatic heterocycles. The molecule has 37 heavy (non-hydrogen) atoms. The van der Waals surface area contributed by atoms with E-state index in [-0.39, 0.29) is 47.3 Å². The summed E-state index contributed by atoms with van der Waals surface area (Å²) in [6.45, 7) is 4.03. The highest BCUT2D eigenvalue weighted by Gasteiger charge is 2.34. The fraction of sp³-hybridized carbons (Fsp3) is 0.310. The van der Waals surface area contributed by atoms with Crippen molar-refractivity contribution < 1.29 is 24.5 Å². The van der Waals surface area contributed by atoms with Gasteiger partial charge in [0.05, 0.1) is 6.04 Å². The summed E-state index contributed by atoms with van der Waals surface area (Å²) < 4.78 is 5.90. The Kier molecular flexibility index (Phi) is 6.65. The summed E-state index contributed by atoms with van der Waals surface area (Å²) in [6.07, 6.45) is 0.687. The SMILES string of the molecule is CC(=O)N1CC(N(C)c2cccc3c2CN(C(=O)c2c(O)cc(O)cc2OCc2ccccc2)CC3)C1. The highest BCUT2D eigenvalue weighted by Crippen LogP contribution is 2.37. The molecule has 5 rings (SSSR count). The number of aromatic hydroxyl groups is 2. The summed E-state index contributed by atoms with van der Waals surface area (Å²) in [6, 6.07) is 18.4. The van der Waals surface area contributed by atoms with Crippen LogP contribution in [-0.2, 0) is 24.4 Å². The van der Waals surface area contributed by atoms with Crippen LogP contribution in [0.25, 0.3) is 0 Å². The minimum Gasteiger partial charge on any atom is -0.508 e. The smallest absolute Gasteiger partial charge is 0.261 e. The van der Waals surface area contributed by atoms with Crippen LogP contribution in [0.15, 0.2) is 60.7 Å². The van der Waals surface area contributed by atoms with Gasteiger partial charge in [0.2, 0.25) is 5.91 Å². The Hall–Kier alpha value is -4.20. The number of fused-ring (bicyclic) bond motifs is 1. The Balaban J connectivity index is 1.38. The fourth-order valence-corrected chi connectivity index (χ4v) is 5.03. The van der Waals surface area contributed by atoms with Crippen molar-refractivity contribution in [3.05, 3.63) is 82.9 Å². The Labute approximate surface area is 216 Å². The van der Waals surface area contributed by atoms with Crippen LogP contribution in [-0.4, -0.2) is 64.6 Å². The monoisotopic (exact) mass is 501 g/mol. The molecule has 3 aromatic carbocycles. The first-order chi connectivity index (χ1) is 17.8. The Bertz CT molecular complexity index is 1320. The molecule has 0 unspecified atom stereocenters. The van der Waals surface area contributed by atoms with Crippen LogP contribution in [0.4, 0.5) is 5.69 Å². The van der Waals surface area contributed by atoms with E-state index in [9.17, 15) is 19.8 Å². The van der Waals surface area contributed by atoms with E-state index in [1.165, 1.54) is 11.6 Å². The number of phenolic OH excluding ortho intramolecular Hbond substituents is 2. The van der Waals surface area contributed by atoms with Crippen molar-refractivity contribution in [2.45, 2.75) is 32.5 Å². The lowest BCUT2D eigenvalue weighted by Crippen LogP contribution is -2.60. The summed E-state index contributed by atoms with van der Waals surface area (Å²) in [7, 11) is 2.03. The zero-order valence-electron chi connectivity index (χ0n) is 21.1. The van der Waals surface area contributed by atoms with Gasteiger partial charge in [0, 0.05) is 58.0 Å². The largest absolute Gasteiger partial charge is 0.508 e. The first kappa shape index (κ1) is 24.5. The number of likely N-dealkylation sites (tertiary alicyclic amines) is 1. The number of ether oxygens (including phenoxy) is 1. The number of benzene rings is 3. The number of hydrogen-bond donors (Lipinski definition) is 2. The first-order valence-electron chi connectivity index (χ1n) is 12.4. The number of rotatable bonds is 6. The molecule has 2 heterocycles. The maximum absolute atomic E-state index is 13.7. The molecule has 1 saturated heterocycles. The van der Waals surface area contributed by atoms with Gasteiger partial charge in [-0.2, -0.15) is 0 Å². The van der Waals surface area contributed by atoms with Crippen molar-refractivity contribution >= 4 is 17.5 Å². The van der Waals surface area contributed by atoms with Crippen molar-refractivity contribution in [3.8, 4) is 17.2 Å². The number of anilines is 1. The van der Waals surface area contributed by atoms with Crippen LogP contribution < -0.4 is 9.64 Å². The van der Waals surface area contributed by atoms with Crippen molar-refractivity contribution in [1.29, 1.82) is 0 Å². The van der Waals surface area contributed by atoms with E-state index >= 15 is 0 Å². The lowest BCUT2D eigenvalue weighted by Gasteiger charge is -2.45. The van der Waals surface area contributed by atoms with Gasteiger partial charge in [0.25, 0.3) is 5.91 Å². The summed E-state index contributed by atoms with van der Waals surface area (Å²) in [4.78, 5) is 31.1. The average molecular weight is 502 g/mol. The second-order valence-corrected chi connectivity index (χ2v) is 9.69. The highest BCUT2D eigenvalue weighted by molar-refractivity contribution is 6.00. The molecular formula is C29H31N3O5. The van der Waals surface area contributed by atoms with Crippen molar-refractivity contribution in [2.24, 2.45) is 0 Å². The Morgan fingerprint density at radius 2 is 1.78 bits per heavy atom. The number of likely N-dealkylation sites (N-methyl/N-ethyl adjacent to an activating group) is 1. The van der Waals surface area contributed by atoms with Gasteiger partial charge < -0.3 is 29.6 Å². The number of amides is 2. The van der Waals surface area contributed by atoms with Gasteiger partial charge in [-0.15, -0.1) is 0 Å². The molecule has 2 N–H and O–H groups in total. The number of carbonyl (C=O) groups is 2. The summed E-state index contributed by atoms with van der Waals surface area (Å²) in [5, 5.41) is 20.7. The van der Waals surface area contributed by atoms with Crippen LogP contribution in [0.2, 0.25) is 0 Å². The fourth-order valence-electron chi connectivity index (χ4n) is 5.03. The molecule has 0 radical (unpaired) electrons.